The van der Waals surface area contributed by atoms with Crippen LogP contribution in [0.15, 0.2) is 11.0 Å². The second-order valence-electron chi connectivity index (χ2n) is 7.50. The van der Waals surface area contributed by atoms with Gasteiger partial charge < -0.3 is 4.98 Å². The van der Waals surface area contributed by atoms with Gasteiger partial charge in [0.25, 0.3) is 5.56 Å². The number of likely N-dealkylation sites (tertiary alicyclic amines) is 1. The Morgan fingerprint density at radius 2 is 1.96 bits per heavy atom. The van der Waals surface area contributed by atoms with Gasteiger partial charge in [-0.25, -0.2) is 0 Å². The number of rotatable bonds is 9. The predicted molar refractivity (Wildman–Crippen MR) is 108 cm³/mol. The first-order chi connectivity index (χ1) is 13.2. The Labute approximate surface area is 159 Å². The number of aromatic nitrogens is 3. The monoisotopic (exact) mass is 373 g/mol. The van der Waals surface area contributed by atoms with E-state index in [1.165, 1.54) is 32.1 Å². The van der Waals surface area contributed by atoms with Gasteiger partial charge in [-0.3, -0.25) is 24.8 Å². The summed E-state index contributed by atoms with van der Waals surface area (Å²) in [5.74, 6) is 0.117. The summed E-state index contributed by atoms with van der Waals surface area (Å²) in [4.78, 5) is 37.2. The molecule has 1 fully saturated rings. The summed E-state index contributed by atoms with van der Waals surface area (Å²) in [6.45, 7) is 5.08. The Hall–Kier alpha value is -2.15. The van der Waals surface area contributed by atoms with E-state index in [9.17, 15) is 9.59 Å². The number of unbranched alkanes of at least 4 members (excludes halogenated alkanes) is 4. The molecule has 1 amide bonds. The fraction of sp³-hybridized carbons (Fsp3) is 0.650. The van der Waals surface area contributed by atoms with Crippen LogP contribution in [0.3, 0.4) is 0 Å². The number of aromatic amines is 2. The van der Waals surface area contributed by atoms with Gasteiger partial charge in [0.1, 0.15) is 5.65 Å². The molecule has 2 aromatic rings. The average molecular weight is 374 g/mol. The van der Waals surface area contributed by atoms with Gasteiger partial charge in [-0.1, -0.05) is 39.0 Å². The first-order valence-corrected chi connectivity index (χ1v) is 10.3. The molecule has 27 heavy (non-hydrogen) atoms. The van der Waals surface area contributed by atoms with E-state index in [-0.39, 0.29) is 17.4 Å². The molecule has 0 bridgehead atoms. The molecular formula is C20H31N5O2. The van der Waals surface area contributed by atoms with Crippen LogP contribution in [0, 0.1) is 0 Å². The molecule has 0 saturated carbocycles. The van der Waals surface area contributed by atoms with Gasteiger partial charge >= 0.3 is 0 Å². The van der Waals surface area contributed by atoms with Gasteiger partial charge in [-0.15, -0.1) is 0 Å². The molecule has 0 spiro atoms. The quantitative estimate of drug-likeness (QED) is 0.586. The summed E-state index contributed by atoms with van der Waals surface area (Å²) in [5, 5.41) is 3.32. The van der Waals surface area contributed by atoms with Crippen LogP contribution < -0.4 is 10.9 Å². The second-order valence-corrected chi connectivity index (χ2v) is 7.50. The van der Waals surface area contributed by atoms with Gasteiger partial charge in [-0.2, -0.15) is 4.98 Å². The lowest BCUT2D eigenvalue weighted by Crippen LogP contribution is -2.29. The van der Waals surface area contributed by atoms with Crippen molar-refractivity contribution in [2.45, 2.75) is 71.3 Å². The number of carbonyl (C=O) groups excluding carboxylic acids is 1. The highest BCUT2D eigenvalue weighted by Gasteiger charge is 2.16. The van der Waals surface area contributed by atoms with Crippen LogP contribution in [0.2, 0.25) is 0 Å². The molecule has 3 N–H and O–H groups in total. The van der Waals surface area contributed by atoms with Crippen molar-refractivity contribution in [3.63, 3.8) is 0 Å². The SMILES string of the molecule is CCCCCCCC(=O)Nc1nc2[nH]cc(CN3CCCCC3)c2c(=O)[nH]1. The van der Waals surface area contributed by atoms with Crippen LogP contribution in [0.4, 0.5) is 5.95 Å². The predicted octanol–water partition coefficient (Wildman–Crippen LogP) is 3.54. The second kappa shape index (κ2) is 9.69. The molecule has 0 aromatic carbocycles. The highest BCUT2D eigenvalue weighted by atomic mass is 16.2. The molecule has 0 aliphatic carbocycles. The van der Waals surface area contributed by atoms with Crippen molar-refractivity contribution in [1.82, 2.24) is 19.9 Å². The van der Waals surface area contributed by atoms with Crippen LogP contribution in [-0.4, -0.2) is 38.8 Å². The van der Waals surface area contributed by atoms with Gasteiger partial charge in [-0.05, 0) is 37.9 Å². The van der Waals surface area contributed by atoms with Crippen molar-refractivity contribution in [3.8, 4) is 0 Å². The van der Waals surface area contributed by atoms with E-state index in [1.54, 1.807) is 0 Å². The summed E-state index contributed by atoms with van der Waals surface area (Å²) in [6, 6.07) is 0. The lowest BCUT2D eigenvalue weighted by molar-refractivity contribution is -0.116. The Bertz CT molecular complexity index is 804. The minimum Gasteiger partial charge on any atom is -0.346 e. The largest absolute Gasteiger partial charge is 0.346 e. The third-order valence-corrected chi connectivity index (χ3v) is 5.23. The standard InChI is InChI=1S/C20H31N5O2/c1-2-3-4-5-7-10-16(26)22-20-23-18-17(19(27)24-20)15(13-21-18)14-25-11-8-6-9-12-25/h13H,2-12,14H2,1H3,(H3,21,22,23,24,26,27). The number of anilines is 1. The van der Waals surface area contributed by atoms with E-state index in [2.05, 4.69) is 32.1 Å². The maximum absolute atomic E-state index is 12.6. The van der Waals surface area contributed by atoms with Crippen LogP contribution in [0.1, 0.15) is 70.3 Å². The van der Waals surface area contributed by atoms with Crippen molar-refractivity contribution >= 4 is 22.9 Å². The van der Waals surface area contributed by atoms with Crippen LogP contribution in [-0.2, 0) is 11.3 Å². The molecule has 3 heterocycles. The van der Waals surface area contributed by atoms with E-state index in [4.69, 9.17) is 0 Å². The first kappa shape index (κ1) is 19.6. The van der Waals surface area contributed by atoms with E-state index in [0.717, 1.165) is 44.5 Å². The van der Waals surface area contributed by atoms with Crippen LogP contribution >= 0.6 is 0 Å². The first-order valence-electron chi connectivity index (χ1n) is 10.3. The third kappa shape index (κ3) is 5.42. The third-order valence-electron chi connectivity index (χ3n) is 5.23. The number of amides is 1. The summed E-state index contributed by atoms with van der Waals surface area (Å²) in [6.07, 6.45) is 11.5. The zero-order chi connectivity index (χ0) is 19.1. The number of H-pyrrole nitrogens is 2. The molecule has 0 atom stereocenters. The average Bonchev–Trinajstić information content (AvgIpc) is 3.05. The molecule has 0 unspecified atom stereocenters. The number of nitrogens with one attached hydrogen (secondary N) is 3. The van der Waals surface area contributed by atoms with Crippen molar-refractivity contribution in [1.29, 1.82) is 0 Å². The topological polar surface area (TPSA) is 93.9 Å². The number of carbonyl (C=O) groups is 1. The normalized spacial score (nSPS) is 15.3. The van der Waals surface area contributed by atoms with E-state index in [1.807, 2.05) is 6.20 Å². The number of hydrogen-bond acceptors (Lipinski definition) is 4. The summed E-state index contributed by atoms with van der Waals surface area (Å²) < 4.78 is 0. The fourth-order valence-electron chi connectivity index (χ4n) is 3.73. The van der Waals surface area contributed by atoms with E-state index < -0.39 is 0 Å². The van der Waals surface area contributed by atoms with Gasteiger partial charge in [0.05, 0.1) is 5.39 Å². The van der Waals surface area contributed by atoms with Gasteiger partial charge in [0.15, 0.2) is 0 Å². The van der Waals surface area contributed by atoms with Crippen molar-refractivity contribution in [3.05, 3.63) is 22.1 Å². The molecule has 3 rings (SSSR count). The zero-order valence-corrected chi connectivity index (χ0v) is 16.3. The molecule has 1 aliphatic heterocycles. The Morgan fingerprint density at radius 3 is 2.74 bits per heavy atom. The summed E-state index contributed by atoms with van der Waals surface area (Å²) in [7, 11) is 0. The molecule has 2 aromatic heterocycles. The minimum absolute atomic E-state index is 0.103. The molecule has 148 valence electrons. The van der Waals surface area contributed by atoms with Crippen molar-refractivity contribution in [2.75, 3.05) is 18.4 Å². The Morgan fingerprint density at radius 1 is 1.19 bits per heavy atom. The smallest absolute Gasteiger partial charge is 0.262 e. The number of nitrogens with zero attached hydrogens (tertiary/aromatic N) is 2. The lowest BCUT2D eigenvalue weighted by Gasteiger charge is -2.25. The molecule has 7 heteroatoms. The highest BCUT2D eigenvalue weighted by Crippen LogP contribution is 2.18. The molecule has 0 radical (unpaired) electrons. The molecule has 1 saturated heterocycles. The number of hydrogen-bond donors (Lipinski definition) is 3. The van der Waals surface area contributed by atoms with Crippen molar-refractivity contribution in [2.24, 2.45) is 0 Å². The van der Waals surface area contributed by atoms with Crippen molar-refractivity contribution < 1.29 is 4.79 Å². The maximum Gasteiger partial charge on any atom is 0.262 e. The lowest BCUT2D eigenvalue weighted by atomic mass is 10.1. The zero-order valence-electron chi connectivity index (χ0n) is 16.3. The summed E-state index contributed by atoms with van der Waals surface area (Å²) in [5.41, 5.74) is 1.30. The minimum atomic E-state index is -0.202. The van der Waals surface area contributed by atoms with Crippen LogP contribution in [0.25, 0.3) is 11.0 Å². The Balaban J connectivity index is 1.61. The van der Waals surface area contributed by atoms with Crippen LogP contribution in [0.5, 0.6) is 0 Å². The molecular weight excluding hydrogens is 342 g/mol. The number of fused-ring (bicyclic) bond motifs is 1. The maximum atomic E-state index is 12.6. The van der Waals surface area contributed by atoms with E-state index in [0.29, 0.717) is 17.5 Å². The summed E-state index contributed by atoms with van der Waals surface area (Å²) >= 11 is 0. The number of piperidine rings is 1. The molecule has 1 aliphatic rings. The fourth-order valence-corrected chi connectivity index (χ4v) is 3.73. The van der Waals surface area contributed by atoms with Gasteiger partial charge in [0, 0.05) is 19.2 Å². The highest BCUT2D eigenvalue weighted by molar-refractivity contribution is 5.90. The molecule has 7 nitrogen and oxygen atoms in total. The van der Waals surface area contributed by atoms with Gasteiger partial charge in [0.2, 0.25) is 11.9 Å². The Kier molecular flexibility index (Phi) is 7.04. The van der Waals surface area contributed by atoms with E-state index >= 15 is 0 Å².